The van der Waals surface area contributed by atoms with E-state index in [0.29, 0.717) is 13.2 Å². The Bertz CT molecular complexity index is 475. The average Bonchev–Trinajstić information content (AvgIpc) is 2.60. The Hall–Kier alpha value is -1.30. The molecule has 0 aliphatic carbocycles. The van der Waals surface area contributed by atoms with Gasteiger partial charge >= 0.3 is 0 Å². The van der Waals surface area contributed by atoms with Gasteiger partial charge in [-0.2, -0.15) is 0 Å². The summed E-state index contributed by atoms with van der Waals surface area (Å²) in [5.74, 6) is 2.54. The highest BCUT2D eigenvalue weighted by Crippen LogP contribution is 2.31. The molecule has 0 bridgehead atoms. The maximum Gasteiger partial charge on any atom is 0.161 e. The number of likely N-dealkylation sites (tertiary alicyclic amines) is 1. The number of piperidine rings is 1. The van der Waals surface area contributed by atoms with Crippen molar-refractivity contribution in [3.05, 3.63) is 24.3 Å². The molecule has 2 aliphatic heterocycles. The Morgan fingerprint density at radius 2 is 1.91 bits per heavy atom. The first-order valence-corrected chi connectivity index (χ1v) is 8.77. The lowest BCUT2D eigenvalue weighted by Gasteiger charge is -2.35. The van der Waals surface area contributed by atoms with E-state index in [2.05, 4.69) is 10.2 Å². The topological polar surface area (TPSA) is 54.0 Å². The van der Waals surface area contributed by atoms with Crippen molar-refractivity contribution in [2.24, 2.45) is 5.92 Å². The summed E-state index contributed by atoms with van der Waals surface area (Å²) in [6, 6.07) is 7.90. The fourth-order valence-electron chi connectivity index (χ4n) is 3.41. The average molecular weight is 320 g/mol. The monoisotopic (exact) mass is 320 g/mol. The van der Waals surface area contributed by atoms with Gasteiger partial charge in [0.25, 0.3) is 0 Å². The van der Waals surface area contributed by atoms with E-state index in [-0.39, 0.29) is 12.7 Å². The second-order valence-corrected chi connectivity index (χ2v) is 6.50. The van der Waals surface area contributed by atoms with Gasteiger partial charge in [-0.25, -0.2) is 0 Å². The number of nitrogens with zero attached hydrogens (tertiary/aromatic N) is 1. The number of nitrogens with one attached hydrogen (secondary N) is 1. The first-order valence-electron chi connectivity index (χ1n) is 8.77. The molecular weight excluding hydrogens is 292 g/mol. The van der Waals surface area contributed by atoms with Gasteiger partial charge in [-0.1, -0.05) is 12.1 Å². The highest BCUT2D eigenvalue weighted by molar-refractivity contribution is 5.40. The number of para-hydroxylation sites is 2. The van der Waals surface area contributed by atoms with Crippen LogP contribution >= 0.6 is 0 Å². The number of ether oxygens (including phenoxy) is 2. The van der Waals surface area contributed by atoms with Gasteiger partial charge in [0.1, 0.15) is 12.7 Å². The summed E-state index contributed by atoms with van der Waals surface area (Å²) in [6.45, 7) is 5.83. The zero-order valence-corrected chi connectivity index (χ0v) is 13.7. The summed E-state index contributed by atoms with van der Waals surface area (Å²) in [5, 5.41) is 12.0. The van der Waals surface area contributed by atoms with Crippen LogP contribution in [0.1, 0.15) is 19.3 Å². The quantitative estimate of drug-likeness (QED) is 0.746. The minimum atomic E-state index is 0.132. The van der Waals surface area contributed by atoms with Gasteiger partial charge < -0.3 is 19.9 Å². The zero-order valence-electron chi connectivity index (χ0n) is 13.7. The number of hydrogen-bond acceptors (Lipinski definition) is 5. The molecule has 0 saturated carbocycles. The van der Waals surface area contributed by atoms with Gasteiger partial charge in [0, 0.05) is 13.1 Å². The molecule has 3 rings (SSSR count). The van der Waals surface area contributed by atoms with E-state index in [0.717, 1.165) is 43.6 Å². The van der Waals surface area contributed by atoms with Crippen LogP contribution in [0.15, 0.2) is 24.3 Å². The van der Waals surface area contributed by atoms with Gasteiger partial charge in [-0.15, -0.1) is 0 Å². The molecule has 1 aromatic rings. The second-order valence-electron chi connectivity index (χ2n) is 6.50. The standard InChI is InChI=1S/C18H28N2O3/c21-12-9-19-8-5-15-6-10-20(11-7-15)13-16-14-22-17-3-1-2-4-18(17)23-16/h1-4,15-16,19,21H,5-14H2/t16-/m1/s1. The highest BCUT2D eigenvalue weighted by Gasteiger charge is 2.25. The molecule has 1 fully saturated rings. The summed E-state index contributed by atoms with van der Waals surface area (Å²) < 4.78 is 11.8. The molecule has 0 unspecified atom stereocenters. The molecule has 2 heterocycles. The Balaban J connectivity index is 1.36. The van der Waals surface area contributed by atoms with Crippen LogP contribution in [0, 0.1) is 5.92 Å². The van der Waals surface area contributed by atoms with Crippen LogP contribution in [-0.2, 0) is 0 Å². The molecule has 5 nitrogen and oxygen atoms in total. The van der Waals surface area contributed by atoms with E-state index >= 15 is 0 Å². The predicted molar refractivity (Wildman–Crippen MR) is 90.1 cm³/mol. The third-order valence-corrected chi connectivity index (χ3v) is 4.75. The summed E-state index contributed by atoms with van der Waals surface area (Å²) in [6.07, 6.45) is 3.85. The minimum Gasteiger partial charge on any atom is -0.486 e. The van der Waals surface area contributed by atoms with E-state index in [1.54, 1.807) is 0 Å². The molecule has 0 spiro atoms. The molecule has 0 radical (unpaired) electrons. The number of hydrogen-bond donors (Lipinski definition) is 2. The molecule has 1 aromatic carbocycles. The summed E-state index contributed by atoms with van der Waals surface area (Å²) in [5.41, 5.74) is 0. The SMILES string of the molecule is OCCNCCC1CCN(C[C@@H]2COc3ccccc3O2)CC1. The lowest BCUT2D eigenvalue weighted by molar-refractivity contribution is 0.0472. The number of rotatable bonds is 7. The van der Waals surface area contributed by atoms with Crippen LogP contribution in [0.5, 0.6) is 11.5 Å². The molecule has 0 aromatic heterocycles. The normalized spacial score (nSPS) is 22.2. The van der Waals surface area contributed by atoms with Crippen LogP contribution in [-0.4, -0.2) is 62.0 Å². The van der Waals surface area contributed by atoms with Gasteiger partial charge in [0.2, 0.25) is 0 Å². The van der Waals surface area contributed by atoms with Gasteiger partial charge in [0.05, 0.1) is 6.61 Å². The van der Waals surface area contributed by atoms with Crippen LogP contribution < -0.4 is 14.8 Å². The molecule has 2 aliphatic rings. The first-order chi connectivity index (χ1) is 11.3. The Kier molecular flexibility index (Phi) is 6.13. The Morgan fingerprint density at radius 3 is 2.70 bits per heavy atom. The molecule has 5 heteroatoms. The van der Waals surface area contributed by atoms with Crippen molar-refractivity contribution in [1.29, 1.82) is 0 Å². The van der Waals surface area contributed by atoms with Crippen molar-refractivity contribution in [2.75, 3.05) is 45.9 Å². The Morgan fingerprint density at radius 1 is 1.13 bits per heavy atom. The number of aliphatic hydroxyl groups is 1. The first kappa shape index (κ1) is 16.6. The van der Waals surface area contributed by atoms with Gasteiger partial charge in [-0.05, 0) is 56.9 Å². The van der Waals surface area contributed by atoms with Crippen molar-refractivity contribution in [2.45, 2.75) is 25.4 Å². The number of fused-ring (bicyclic) bond motifs is 1. The maximum atomic E-state index is 8.76. The molecule has 0 amide bonds. The summed E-state index contributed by atoms with van der Waals surface area (Å²) in [7, 11) is 0. The number of benzene rings is 1. The van der Waals surface area contributed by atoms with Crippen molar-refractivity contribution < 1.29 is 14.6 Å². The van der Waals surface area contributed by atoms with E-state index < -0.39 is 0 Å². The van der Waals surface area contributed by atoms with E-state index in [9.17, 15) is 0 Å². The summed E-state index contributed by atoms with van der Waals surface area (Å²) >= 11 is 0. The third kappa shape index (κ3) is 4.83. The fraction of sp³-hybridized carbons (Fsp3) is 0.667. The molecule has 128 valence electrons. The van der Waals surface area contributed by atoms with E-state index in [4.69, 9.17) is 14.6 Å². The molecule has 23 heavy (non-hydrogen) atoms. The van der Waals surface area contributed by atoms with Crippen molar-refractivity contribution in [3.63, 3.8) is 0 Å². The maximum absolute atomic E-state index is 8.76. The molecular formula is C18H28N2O3. The highest BCUT2D eigenvalue weighted by atomic mass is 16.6. The van der Waals surface area contributed by atoms with Crippen molar-refractivity contribution in [1.82, 2.24) is 10.2 Å². The minimum absolute atomic E-state index is 0.132. The van der Waals surface area contributed by atoms with Gasteiger partial charge in [0.15, 0.2) is 11.5 Å². The molecule has 2 N–H and O–H groups in total. The van der Waals surface area contributed by atoms with Crippen LogP contribution in [0.2, 0.25) is 0 Å². The number of aliphatic hydroxyl groups excluding tert-OH is 1. The summed E-state index contributed by atoms with van der Waals surface area (Å²) in [4.78, 5) is 2.50. The lowest BCUT2D eigenvalue weighted by atomic mass is 9.93. The van der Waals surface area contributed by atoms with Crippen molar-refractivity contribution in [3.8, 4) is 11.5 Å². The van der Waals surface area contributed by atoms with E-state index in [1.165, 1.54) is 19.3 Å². The van der Waals surface area contributed by atoms with Crippen molar-refractivity contribution >= 4 is 0 Å². The second kappa shape index (κ2) is 8.52. The molecule has 1 atom stereocenters. The zero-order chi connectivity index (χ0) is 15.9. The smallest absolute Gasteiger partial charge is 0.161 e. The van der Waals surface area contributed by atoms with Crippen LogP contribution in [0.4, 0.5) is 0 Å². The third-order valence-electron chi connectivity index (χ3n) is 4.75. The predicted octanol–water partition coefficient (Wildman–Crippen LogP) is 1.51. The van der Waals surface area contributed by atoms with Crippen LogP contribution in [0.3, 0.4) is 0 Å². The van der Waals surface area contributed by atoms with E-state index in [1.807, 2.05) is 24.3 Å². The van der Waals surface area contributed by atoms with Crippen LogP contribution in [0.25, 0.3) is 0 Å². The molecule has 1 saturated heterocycles. The fourth-order valence-corrected chi connectivity index (χ4v) is 3.41. The largest absolute Gasteiger partial charge is 0.486 e. The lowest BCUT2D eigenvalue weighted by Crippen LogP contribution is -2.44. The Labute approximate surface area is 138 Å². The van der Waals surface area contributed by atoms with Gasteiger partial charge in [-0.3, -0.25) is 4.90 Å².